The number of alkyl halides is 10. The Morgan fingerprint density at radius 2 is 1.00 bits per heavy atom. The van der Waals surface area contributed by atoms with Crippen molar-refractivity contribution in [2.45, 2.75) is 49.5 Å². The lowest BCUT2D eigenvalue weighted by molar-refractivity contribution is -0.510. The molecule has 1 atom stereocenters. The summed E-state index contributed by atoms with van der Waals surface area (Å²) >= 11 is 0. The smallest absolute Gasteiger partial charge is 0.398 e. The van der Waals surface area contributed by atoms with Gasteiger partial charge in [0, 0.05) is 6.10 Å². The van der Waals surface area contributed by atoms with Crippen LogP contribution >= 0.6 is 0 Å². The van der Waals surface area contributed by atoms with Crippen LogP contribution in [0.15, 0.2) is 24.3 Å². The predicted octanol–water partition coefficient (Wildman–Crippen LogP) is 6.33. The number of hydrogen-bond donors (Lipinski definition) is 2. The van der Waals surface area contributed by atoms with Crippen LogP contribution < -0.4 is 0 Å². The number of rotatable bonds is 7. The summed E-state index contributed by atoms with van der Waals surface area (Å²) in [5.41, 5.74) is 0. The molecule has 0 aliphatic heterocycles. The van der Waals surface area contributed by atoms with Gasteiger partial charge in [-0.15, -0.1) is 0 Å². The zero-order valence-corrected chi connectivity index (χ0v) is 17.3. The molecule has 0 aromatic heterocycles. The minimum Gasteiger partial charge on any atom is -0.398 e. The zero-order valence-electron chi connectivity index (χ0n) is 16.4. The van der Waals surface area contributed by atoms with E-state index in [1.807, 2.05) is 4.74 Å². The van der Waals surface area contributed by atoms with Gasteiger partial charge in [0.05, 0.1) is 0 Å². The molecule has 0 saturated heterocycles. The molecule has 0 aromatic carbocycles. The molecule has 0 amide bonds. The van der Waals surface area contributed by atoms with E-state index in [0.717, 1.165) is 0 Å². The fraction of sp³-hybridized carbons (Fsp3) is 0.667. The molecule has 0 aliphatic carbocycles. The molecule has 0 aliphatic rings. The summed E-state index contributed by atoms with van der Waals surface area (Å²) in [6.45, 7) is 3.44. The van der Waals surface area contributed by atoms with Crippen molar-refractivity contribution < 1.29 is 102 Å². The third kappa shape index (κ3) is 10.9. The predicted molar refractivity (Wildman–Crippen MR) is 77.6 cm³/mol. The quantitative estimate of drug-likeness (QED) is 0.201. The number of aliphatic hydroxyl groups excluding tert-OH is 1. The number of aliphatic hydroxyl groups is 1. The monoisotopic (exact) mass is 604 g/mol. The molecular formula is C12H9F17O6S. The van der Waals surface area contributed by atoms with Crippen molar-refractivity contribution in [2.75, 3.05) is 0 Å². The summed E-state index contributed by atoms with van der Waals surface area (Å²) in [7, 11) is -7.39. The average Bonchev–Trinajstić information content (AvgIpc) is 2.58. The van der Waals surface area contributed by atoms with Gasteiger partial charge in [-0.3, -0.25) is 9.29 Å². The van der Waals surface area contributed by atoms with Crippen molar-refractivity contribution in [2.24, 2.45) is 0 Å². The van der Waals surface area contributed by atoms with Gasteiger partial charge in [0.1, 0.15) is 0 Å². The Labute approximate surface area is 187 Å². The first kappa shape index (κ1) is 38.5. The van der Waals surface area contributed by atoms with E-state index in [0.29, 0.717) is 0 Å². The maximum Gasteiger partial charge on any atom is 0.471 e. The third-order valence-corrected chi connectivity index (χ3v) is 3.07. The second kappa shape index (κ2) is 12.9. The van der Waals surface area contributed by atoms with E-state index in [-0.39, 0.29) is 6.10 Å². The molecule has 0 radical (unpaired) electrons. The Morgan fingerprint density at radius 3 is 1.19 bits per heavy atom. The van der Waals surface area contributed by atoms with E-state index in [4.69, 9.17) is 9.66 Å². The molecule has 0 saturated carbocycles. The second-order valence-electron chi connectivity index (χ2n) is 5.47. The highest BCUT2D eigenvalue weighted by Crippen LogP contribution is 2.53. The van der Waals surface area contributed by atoms with Crippen LogP contribution in [-0.2, 0) is 19.6 Å². The fourth-order valence-electron chi connectivity index (χ4n) is 0.885. The van der Waals surface area contributed by atoms with E-state index in [9.17, 15) is 83.1 Å². The average molecular weight is 604 g/mol. The Hall–Kier alpha value is -2.08. The van der Waals surface area contributed by atoms with Crippen molar-refractivity contribution in [1.29, 1.82) is 0 Å². The van der Waals surface area contributed by atoms with Crippen LogP contribution in [0, 0.1) is 0 Å². The van der Waals surface area contributed by atoms with Crippen LogP contribution in [0.4, 0.5) is 74.6 Å². The molecular weight excluding hydrogens is 595 g/mol. The number of halogens is 17. The topological polar surface area (TPSA) is 93.1 Å². The third-order valence-electron chi connectivity index (χ3n) is 2.18. The summed E-state index contributed by atoms with van der Waals surface area (Å²) in [6, 6.07) is -3.95. The molecule has 0 heterocycles. The van der Waals surface area contributed by atoms with E-state index in [1.54, 1.807) is 13.8 Å². The first-order chi connectivity index (χ1) is 15.4. The zero-order chi connectivity index (χ0) is 30.3. The van der Waals surface area contributed by atoms with Gasteiger partial charge in [-0.1, -0.05) is 0 Å². The van der Waals surface area contributed by atoms with Crippen molar-refractivity contribution in [3.8, 4) is 0 Å². The van der Waals surface area contributed by atoms with Gasteiger partial charge in [0.2, 0.25) is 0 Å². The molecule has 0 aromatic rings. The molecule has 1 unspecified atom stereocenters. The Balaban J connectivity index is -0.000000911. The van der Waals surface area contributed by atoms with Gasteiger partial charge in [0.25, 0.3) is 0 Å². The van der Waals surface area contributed by atoms with E-state index < -0.39 is 63.9 Å². The van der Waals surface area contributed by atoms with Crippen LogP contribution in [0.25, 0.3) is 0 Å². The molecule has 0 spiro atoms. The molecule has 6 nitrogen and oxygen atoms in total. The second-order valence-corrected chi connectivity index (χ2v) is 6.93. The standard InChI is InChI=1S/C7HF13O5S.C3H8O.C2F4/c8-1(9)2(10)24-5(15,16)3(11,4(12,13)14)25-6(17,18)7(19,20)26(21,22)23;1-3(2)4;3-1(4)2(5)6/h(H,21,22,23);3-4H,1-2H3;. The number of ether oxygens (including phenoxy) is 2. The molecule has 2 N–H and O–H groups in total. The summed E-state index contributed by atoms with van der Waals surface area (Å²) in [5, 5.41) is 0.901. The van der Waals surface area contributed by atoms with Crippen molar-refractivity contribution in [3.05, 3.63) is 24.3 Å². The summed E-state index contributed by atoms with van der Waals surface area (Å²) in [4.78, 5) is 0. The van der Waals surface area contributed by atoms with E-state index >= 15 is 0 Å². The molecule has 24 heteroatoms. The minimum absolute atomic E-state index is 0.167. The van der Waals surface area contributed by atoms with Crippen molar-refractivity contribution in [1.82, 2.24) is 0 Å². The lowest BCUT2D eigenvalue weighted by Crippen LogP contribution is -2.64. The van der Waals surface area contributed by atoms with Crippen LogP contribution in [-0.4, -0.2) is 53.7 Å². The molecule has 36 heavy (non-hydrogen) atoms. The number of hydrogen-bond acceptors (Lipinski definition) is 5. The van der Waals surface area contributed by atoms with E-state index in [2.05, 4.69) is 0 Å². The Kier molecular flexibility index (Phi) is 13.8. The maximum absolute atomic E-state index is 13.4. The summed E-state index contributed by atoms with van der Waals surface area (Å²) in [6.07, 6.45) is -32.1. The first-order valence-corrected chi connectivity index (χ1v) is 8.85. The minimum atomic E-state index is -7.53. The van der Waals surface area contributed by atoms with Crippen molar-refractivity contribution in [3.63, 3.8) is 0 Å². The van der Waals surface area contributed by atoms with Crippen LogP contribution in [0.2, 0.25) is 0 Å². The van der Waals surface area contributed by atoms with Gasteiger partial charge in [-0.2, -0.15) is 83.1 Å². The molecule has 0 rings (SSSR count). The van der Waals surface area contributed by atoms with Crippen molar-refractivity contribution >= 4 is 10.1 Å². The Morgan fingerprint density at radius 1 is 0.694 bits per heavy atom. The van der Waals surface area contributed by atoms with Crippen LogP contribution in [0.5, 0.6) is 0 Å². The summed E-state index contributed by atoms with van der Waals surface area (Å²) < 4.78 is 235. The van der Waals surface area contributed by atoms with E-state index in [1.165, 1.54) is 4.74 Å². The lowest BCUT2D eigenvalue weighted by Gasteiger charge is -2.36. The van der Waals surface area contributed by atoms with Crippen LogP contribution in [0.1, 0.15) is 13.8 Å². The van der Waals surface area contributed by atoms with Gasteiger partial charge in [-0.05, 0) is 13.8 Å². The highest BCUT2D eigenvalue weighted by atomic mass is 32.2. The van der Waals surface area contributed by atoms with Crippen LogP contribution in [0.3, 0.4) is 0 Å². The largest absolute Gasteiger partial charge is 0.471 e. The lowest BCUT2D eigenvalue weighted by atomic mass is 10.2. The van der Waals surface area contributed by atoms with Gasteiger partial charge < -0.3 is 9.84 Å². The first-order valence-electron chi connectivity index (χ1n) is 7.41. The van der Waals surface area contributed by atoms with Gasteiger partial charge >= 0.3 is 63.9 Å². The highest BCUT2D eigenvalue weighted by Gasteiger charge is 2.82. The summed E-state index contributed by atoms with van der Waals surface area (Å²) in [5.74, 6) is -7.51. The Bertz CT molecular complexity index is 856. The normalized spacial score (nSPS) is 14.5. The maximum atomic E-state index is 13.4. The van der Waals surface area contributed by atoms with Gasteiger partial charge in [0.15, 0.2) is 0 Å². The van der Waals surface area contributed by atoms with Gasteiger partial charge in [-0.25, -0.2) is 0 Å². The molecule has 0 bridgehead atoms. The molecule has 218 valence electrons. The highest BCUT2D eigenvalue weighted by molar-refractivity contribution is 7.86. The SMILES string of the molecule is CC(C)O.FC(F)=C(F)F.O=S(=O)(O)C(F)(F)C(F)(F)OC(F)(C(F)(F)F)C(F)(F)OC(F)=C(F)F. The fourth-order valence-corrected chi connectivity index (χ4v) is 1.23. The molecule has 0 fully saturated rings.